The lowest BCUT2D eigenvalue weighted by atomic mass is 10.0. The van der Waals surface area contributed by atoms with E-state index in [-0.39, 0.29) is 12.6 Å². The van der Waals surface area contributed by atoms with Gasteiger partial charge in [-0.15, -0.1) is 0 Å². The Bertz CT molecular complexity index is 846. The third kappa shape index (κ3) is 3.84. The van der Waals surface area contributed by atoms with Gasteiger partial charge in [0.2, 0.25) is 5.91 Å². The molecule has 0 fully saturated rings. The van der Waals surface area contributed by atoms with E-state index in [4.69, 9.17) is 4.74 Å². The molecule has 5 nitrogen and oxygen atoms in total. The lowest BCUT2D eigenvalue weighted by Crippen LogP contribution is -2.45. The van der Waals surface area contributed by atoms with Gasteiger partial charge < -0.3 is 14.6 Å². The van der Waals surface area contributed by atoms with Crippen molar-refractivity contribution < 1.29 is 22.7 Å². The van der Waals surface area contributed by atoms with E-state index in [0.717, 1.165) is 28.1 Å². The van der Waals surface area contributed by atoms with E-state index in [9.17, 15) is 22.8 Å². The highest BCUT2D eigenvalue weighted by molar-refractivity contribution is 5.76. The molecule has 0 spiro atoms. The summed E-state index contributed by atoms with van der Waals surface area (Å²) in [5, 5.41) is 2.69. The van der Waals surface area contributed by atoms with Crippen molar-refractivity contribution in [2.24, 2.45) is 0 Å². The number of pyridine rings is 1. The largest absolute Gasteiger partial charge is 0.491 e. The Hall–Kier alpha value is -2.77. The Labute approximate surface area is 141 Å². The van der Waals surface area contributed by atoms with Gasteiger partial charge in [-0.3, -0.25) is 9.59 Å². The normalized spacial score (nSPS) is 16.7. The molecule has 0 radical (unpaired) electrons. The smallest absolute Gasteiger partial charge is 0.421 e. The highest BCUT2D eigenvalue weighted by Gasteiger charge is 2.34. The van der Waals surface area contributed by atoms with Crippen LogP contribution in [0.3, 0.4) is 0 Å². The molecule has 2 aromatic rings. The molecule has 0 bridgehead atoms. The summed E-state index contributed by atoms with van der Waals surface area (Å²) in [5.74, 6) is 0.205. The second kappa shape index (κ2) is 6.62. The Kier molecular flexibility index (Phi) is 4.52. The fourth-order valence-electron chi connectivity index (χ4n) is 2.73. The van der Waals surface area contributed by atoms with E-state index in [2.05, 4.69) is 5.32 Å². The van der Waals surface area contributed by atoms with Crippen molar-refractivity contribution in [1.29, 1.82) is 0 Å². The van der Waals surface area contributed by atoms with Gasteiger partial charge in [0.15, 0.2) is 0 Å². The third-order valence-corrected chi connectivity index (χ3v) is 3.88. The molecule has 0 saturated heterocycles. The number of hydrogen-bond acceptors (Lipinski definition) is 3. The second-order valence-electron chi connectivity index (χ2n) is 5.74. The van der Waals surface area contributed by atoms with Crippen LogP contribution in [-0.4, -0.2) is 23.1 Å². The summed E-state index contributed by atoms with van der Waals surface area (Å²) in [6, 6.07) is 8.90. The summed E-state index contributed by atoms with van der Waals surface area (Å²) >= 11 is 0. The van der Waals surface area contributed by atoms with Crippen LogP contribution in [-0.2, 0) is 23.9 Å². The van der Waals surface area contributed by atoms with Crippen molar-refractivity contribution >= 4 is 5.91 Å². The highest BCUT2D eigenvalue weighted by Crippen LogP contribution is 2.26. The number of halogens is 3. The van der Waals surface area contributed by atoms with E-state index in [0.29, 0.717) is 12.5 Å². The first-order valence-corrected chi connectivity index (χ1v) is 7.61. The number of nitrogens with zero attached hydrogens (tertiary/aromatic N) is 1. The summed E-state index contributed by atoms with van der Waals surface area (Å²) in [7, 11) is 0. The number of benzene rings is 1. The number of carbonyl (C=O) groups excluding carboxylic acids is 1. The summed E-state index contributed by atoms with van der Waals surface area (Å²) in [6.45, 7) is -0.221. The van der Waals surface area contributed by atoms with E-state index in [1.807, 2.05) is 24.3 Å². The van der Waals surface area contributed by atoms with E-state index in [1.54, 1.807) is 0 Å². The maximum absolute atomic E-state index is 12.7. The second-order valence-corrected chi connectivity index (χ2v) is 5.74. The minimum absolute atomic E-state index is 0.264. The average Bonchev–Trinajstić information content (AvgIpc) is 2.55. The van der Waals surface area contributed by atoms with Crippen LogP contribution in [0.5, 0.6) is 5.75 Å². The lowest BCUT2D eigenvalue weighted by Gasteiger charge is -2.26. The molecule has 1 aliphatic heterocycles. The Balaban J connectivity index is 1.67. The number of para-hydroxylation sites is 1. The fourth-order valence-corrected chi connectivity index (χ4v) is 2.73. The quantitative estimate of drug-likeness (QED) is 0.919. The molecule has 1 N–H and O–H groups in total. The van der Waals surface area contributed by atoms with E-state index in [1.165, 1.54) is 0 Å². The molecule has 0 saturated carbocycles. The van der Waals surface area contributed by atoms with Crippen LogP contribution in [0.4, 0.5) is 13.2 Å². The predicted molar refractivity (Wildman–Crippen MR) is 83.3 cm³/mol. The van der Waals surface area contributed by atoms with Crippen LogP contribution in [0.1, 0.15) is 11.1 Å². The van der Waals surface area contributed by atoms with Crippen LogP contribution < -0.4 is 15.6 Å². The minimum Gasteiger partial charge on any atom is -0.491 e. The molecule has 1 aromatic heterocycles. The van der Waals surface area contributed by atoms with Gasteiger partial charge in [0.05, 0.1) is 6.04 Å². The standard InChI is InChI=1S/C17H15F3N2O3/c18-17(19,20)13-5-3-7-22(16(13)24)9-15(23)21-12-8-11-4-1-2-6-14(11)25-10-12/h1-7,12H,8-10H2,(H,21,23)/t12-/m1/s1. The molecule has 0 unspecified atom stereocenters. The summed E-state index contributed by atoms with van der Waals surface area (Å²) in [5.41, 5.74) is -1.59. The van der Waals surface area contributed by atoms with Crippen molar-refractivity contribution in [2.45, 2.75) is 25.2 Å². The zero-order valence-electron chi connectivity index (χ0n) is 13.0. The third-order valence-electron chi connectivity index (χ3n) is 3.88. The first kappa shape index (κ1) is 17.1. The van der Waals surface area contributed by atoms with E-state index >= 15 is 0 Å². The van der Waals surface area contributed by atoms with E-state index < -0.39 is 29.8 Å². The molecule has 2 heterocycles. The molecule has 8 heteroatoms. The number of hydrogen-bond donors (Lipinski definition) is 1. The van der Waals surface area contributed by atoms with Crippen LogP contribution in [0.15, 0.2) is 47.4 Å². The van der Waals surface area contributed by atoms with Gasteiger partial charge in [0.1, 0.15) is 24.5 Å². The van der Waals surface area contributed by atoms with Crippen molar-refractivity contribution in [3.05, 3.63) is 64.1 Å². The van der Waals surface area contributed by atoms with Gasteiger partial charge in [-0.05, 0) is 30.2 Å². The van der Waals surface area contributed by atoms with Gasteiger partial charge in [-0.1, -0.05) is 18.2 Å². The SMILES string of the molecule is O=C(Cn1cccc(C(F)(F)F)c1=O)N[C@H]1COc2ccccc2C1. The molecular formula is C17H15F3N2O3. The van der Waals surface area contributed by atoms with Crippen molar-refractivity contribution in [3.63, 3.8) is 0 Å². The van der Waals surface area contributed by atoms with Crippen molar-refractivity contribution in [3.8, 4) is 5.75 Å². The molecule has 1 atom stereocenters. The number of nitrogens with one attached hydrogen (secondary N) is 1. The van der Waals surface area contributed by atoms with Gasteiger partial charge in [-0.2, -0.15) is 13.2 Å². The first-order valence-electron chi connectivity index (χ1n) is 7.61. The van der Waals surface area contributed by atoms with Crippen LogP contribution in [0.2, 0.25) is 0 Å². The van der Waals surface area contributed by atoms with Crippen molar-refractivity contribution in [2.75, 3.05) is 6.61 Å². The molecule has 1 aromatic carbocycles. The number of rotatable bonds is 3. The molecule has 1 amide bonds. The summed E-state index contributed by atoms with van der Waals surface area (Å²) in [4.78, 5) is 23.9. The molecule has 3 rings (SSSR count). The molecule has 1 aliphatic rings. The first-order chi connectivity index (χ1) is 11.8. The van der Waals surface area contributed by atoms with Crippen LogP contribution >= 0.6 is 0 Å². The fraction of sp³-hybridized carbons (Fsp3) is 0.294. The molecule has 132 valence electrons. The molecular weight excluding hydrogens is 337 g/mol. The monoisotopic (exact) mass is 352 g/mol. The summed E-state index contributed by atoms with van der Waals surface area (Å²) < 4.78 is 44.5. The summed E-state index contributed by atoms with van der Waals surface area (Å²) in [6.07, 6.45) is -3.04. The molecule has 25 heavy (non-hydrogen) atoms. The zero-order chi connectivity index (χ0) is 18.0. The number of alkyl halides is 3. The Morgan fingerprint density at radius 1 is 1.24 bits per heavy atom. The van der Waals surface area contributed by atoms with Gasteiger partial charge in [0.25, 0.3) is 5.56 Å². The van der Waals surface area contributed by atoms with Gasteiger partial charge in [-0.25, -0.2) is 0 Å². The Morgan fingerprint density at radius 3 is 2.76 bits per heavy atom. The number of carbonyl (C=O) groups is 1. The molecule has 0 aliphatic carbocycles. The van der Waals surface area contributed by atoms with Crippen LogP contribution in [0, 0.1) is 0 Å². The number of aromatic nitrogens is 1. The average molecular weight is 352 g/mol. The van der Waals surface area contributed by atoms with Gasteiger partial charge in [0, 0.05) is 6.20 Å². The number of amides is 1. The van der Waals surface area contributed by atoms with Crippen LogP contribution in [0.25, 0.3) is 0 Å². The zero-order valence-corrected chi connectivity index (χ0v) is 13.0. The minimum atomic E-state index is -4.75. The van der Waals surface area contributed by atoms with Crippen molar-refractivity contribution in [1.82, 2.24) is 9.88 Å². The lowest BCUT2D eigenvalue weighted by molar-refractivity contribution is -0.139. The number of fused-ring (bicyclic) bond motifs is 1. The Morgan fingerprint density at radius 2 is 2.00 bits per heavy atom. The number of ether oxygens (including phenoxy) is 1. The topological polar surface area (TPSA) is 60.3 Å². The predicted octanol–water partition coefficient (Wildman–Crippen LogP) is 1.99. The highest BCUT2D eigenvalue weighted by atomic mass is 19.4. The maximum Gasteiger partial charge on any atom is 0.421 e. The van der Waals surface area contributed by atoms with Gasteiger partial charge >= 0.3 is 6.18 Å². The maximum atomic E-state index is 12.7.